The maximum absolute atomic E-state index is 13.2. The molecule has 2 aromatic carbocycles. The van der Waals surface area contributed by atoms with Crippen molar-refractivity contribution in [3.63, 3.8) is 0 Å². The molecular weight excluding hydrogens is 433 g/mol. The van der Waals surface area contributed by atoms with Gasteiger partial charge >= 0.3 is 12.1 Å². The van der Waals surface area contributed by atoms with Crippen LogP contribution < -0.4 is 5.43 Å². The second-order valence-corrected chi connectivity index (χ2v) is 7.33. The first-order valence-electron chi connectivity index (χ1n) is 10.2. The van der Waals surface area contributed by atoms with E-state index in [1.807, 2.05) is 0 Å². The first-order valence-corrected chi connectivity index (χ1v) is 10.2. The van der Waals surface area contributed by atoms with Gasteiger partial charge in [-0.3, -0.25) is 9.78 Å². The molecule has 2 heterocycles. The number of ether oxygens (including phenoxy) is 1. The average molecular weight is 452 g/mol. The summed E-state index contributed by atoms with van der Waals surface area (Å²) in [5.74, 6) is -0.755. The standard InChI is InChI=1S/C25H19F3N2O3/c1-2-33-24(32)20-15-30(21-11-6-12-29-22(21)23(20)31)14-17-7-3-4-10-19(17)16-8-5-9-18(13-16)25(26,27)28/h3-13,15H,2,14H2,1H3. The Hall–Kier alpha value is -3.94. The van der Waals surface area contributed by atoms with Gasteiger partial charge in [-0.15, -0.1) is 0 Å². The van der Waals surface area contributed by atoms with Crippen LogP contribution in [0.4, 0.5) is 13.2 Å². The molecule has 33 heavy (non-hydrogen) atoms. The fourth-order valence-corrected chi connectivity index (χ4v) is 3.69. The molecule has 2 aromatic heterocycles. The molecule has 4 rings (SSSR count). The molecule has 5 nitrogen and oxygen atoms in total. The van der Waals surface area contributed by atoms with Crippen molar-refractivity contribution in [1.29, 1.82) is 0 Å². The highest BCUT2D eigenvalue weighted by atomic mass is 19.4. The van der Waals surface area contributed by atoms with E-state index in [0.717, 1.165) is 12.1 Å². The molecule has 0 bridgehead atoms. The molecule has 4 aromatic rings. The Morgan fingerprint density at radius 3 is 2.61 bits per heavy atom. The number of halogens is 3. The third-order valence-corrected chi connectivity index (χ3v) is 5.19. The lowest BCUT2D eigenvalue weighted by molar-refractivity contribution is -0.137. The number of alkyl halides is 3. The maximum Gasteiger partial charge on any atom is 0.416 e. The number of esters is 1. The second-order valence-electron chi connectivity index (χ2n) is 7.33. The fraction of sp³-hybridized carbons (Fsp3) is 0.160. The third kappa shape index (κ3) is 4.50. The van der Waals surface area contributed by atoms with Crippen molar-refractivity contribution in [2.24, 2.45) is 0 Å². The number of hydrogen-bond donors (Lipinski definition) is 0. The van der Waals surface area contributed by atoms with Crippen molar-refractivity contribution >= 4 is 17.0 Å². The lowest BCUT2D eigenvalue weighted by atomic mass is 9.97. The minimum atomic E-state index is -4.46. The SMILES string of the molecule is CCOC(=O)c1cn(Cc2ccccc2-c2cccc(C(F)(F)F)c2)c2cccnc2c1=O. The van der Waals surface area contributed by atoms with E-state index in [1.165, 1.54) is 18.5 Å². The van der Waals surface area contributed by atoms with Gasteiger partial charge in [-0.2, -0.15) is 13.2 Å². The Bertz CT molecular complexity index is 1390. The normalized spacial score (nSPS) is 11.5. The van der Waals surface area contributed by atoms with E-state index in [9.17, 15) is 22.8 Å². The molecular formula is C25H19F3N2O3. The van der Waals surface area contributed by atoms with Crippen LogP contribution in [0.25, 0.3) is 22.2 Å². The first-order chi connectivity index (χ1) is 15.8. The summed E-state index contributed by atoms with van der Waals surface area (Å²) in [5.41, 5.74) is 0.907. The molecule has 8 heteroatoms. The van der Waals surface area contributed by atoms with Crippen molar-refractivity contribution in [2.45, 2.75) is 19.6 Å². The van der Waals surface area contributed by atoms with Gasteiger partial charge in [-0.25, -0.2) is 4.79 Å². The Balaban J connectivity index is 1.85. The van der Waals surface area contributed by atoms with Crippen molar-refractivity contribution in [1.82, 2.24) is 9.55 Å². The van der Waals surface area contributed by atoms with Crippen LogP contribution in [0, 0.1) is 0 Å². The molecule has 0 aliphatic carbocycles. The van der Waals surface area contributed by atoms with Crippen LogP contribution in [-0.4, -0.2) is 22.1 Å². The molecule has 0 amide bonds. The van der Waals surface area contributed by atoms with Crippen molar-refractivity contribution in [3.8, 4) is 11.1 Å². The average Bonchev–Trinajstić information content (AvgIpc) is 2.81. The van der Waals surface area contributed by atoms with E-state index in [-0.39, 0.29) is 24.2 Å². The molecule has 0 aliphatic rings. The van der Waals surface area contributed by atoms with Crippen LogP contribution in [-0.2, 0) is 17.5 Å². The highest BCUT2D eigenvalue weighted by molar-refractivity contribution is 5.92. The quantitative estimate of drug-likeness (QED) is 0.385. The molecule has 0 atom stereocenters. The summed E-state index contributed by atoms with van der Waals surface area (Å²) < 4.78 is 46.4. The van der Waals surface area contributed by atoms with Gasteiger partial charge in [0.15, 0.2) is 0 Å². The van der Waals surface area contributed by atoms with E-state index in [2.05, 4.69) is 4.98 Å². The van der Waals surface area contributed by atoms with Gasteiger partial charge in [0.05, 0.1) is 17.7 Å². The number of carbonyl (C=O) groups excluding carboxylic acids is 1. The number of rotatable bonds is 5. The number of benzene rings is 2. The smallest absolute Gasteiger partial charge is 0.416 e. The van der Waals surface area contributed by atoms with E-state index < -0.39 is 23.1 Å². The molecule has 0 spiro atoms. The predicted molar refractivity (Wildman–Crippen MR) is 118 cm³/mol. The first kappa shape index (κ1) is 22.3. The lowest BCUT2D eigenvalue weighted by Gasteiger charge is -2.16. The molecule has 0 unspecified atom stereocenters. The minimum Gasteiger partial charge on any atom is -0.462 e. The number of aromatic nitrogens is 2. The van der Waals surface area contributed by atoms with Gasteiger partial charge in [0.1, 0.15) is 11.1 Å². The molecule has 168 valence electrons. The van der Waals surface area contributed by atoms with Gasteiger partial charge in [-0.1, -0.05) is 36.4 Å². The maximum atomic E-state index is 13.2. The summed E-state index contributed by atoms with van der Waals surface area (Å²) >= 11 is 0. The van der Waals surface area contributed by atoms with E-state index >= 15 is 0 Å². The summed E-state index contributed by atoms with van der Waals surface area (Å²) in [6.07, 6.45) is -1.59. The zero-order valence-corrected chi connectivity index (χ0v) is 17.6. The van der Waals surface area contributed by atoms with Crippen LogP contribution in [0.15, 0.2) is 77.9 Å². The zero-order valence-electron chi connectivity index (χ0n) is 17.6. The van der Waals surface area contributed by atoms with Crippen LogP contribution in [0.1, 0.15) is 28.4 Å². The summed E-state index contributed by atoms with van der Waals surface area (Å²) in [5, 5.41) is 0. The Morgan fingerprint density at radius 2 is 1.85 bits per heavy atom. The largest absolute Gasteiger partial charge is 0.462 e. The molecule has 0 aliphatic heterocycles. The molecule has 0 N–H and O–H groups in total. The number of fused-ring (bicyclic) bond motifs is 1. The summed E-state index contributed by atoms with van der Waals surface area (Å²) in [6, 6.07) is 15.5. The predicted octanol–water partition coefficient (Wildman–Crippen LogP) is 5.31. The van der Waals surface area contributed by atoms with Crippen LogP contribution >= 0.6 is 0 Å². The summed E-state index contributed by atoms with van der Waals surface area (Å²) in [7, 11) is 0. The van der Waals surface area contributed by atoms with E-state index in [1.54, 1.807) is 54.0 Å². The van der Waals surface area contributed by atoms with E-state index in [4.69, 9.17) is 4.74 Å². The highest BCUT2D eigenvalue weighted by Gasteiger charge is 2.30. The van der Waals surface area contributed by atoms with Gasteiger partial charge < -0.3 is 9.30 Å². The highest BCUT2D eigenvalue weighted by Crippen LogP contribution is 2.33. The van der Waals surface area contributed by atoms with Gasteiger partial charge in [-0.05, 0) is 47.9 Å². The second kappa shape index (κ2) is 8.90. The van der Waals surface area contributed by atoms with Gasteiger partial charge in [0.25, 0.3) is 0 Å². The lowest BCUT2D eigenvalue weighted by Crippen LogP contribution is -2.22. The third-order valence-electron chi connectivity index (χ3n) is 5.19. The Labute approximate surface area is 187 Å². The van der Waals surface area contributed by atoms with Gasteiger partial charge in [0, 0.05) is 18.9 Å². The molecule has 0 fully saturated rings. The van der Waals surface area contributed by atoms with Crippen LogP contribution in [0.2, 0.25) is 0 Å². The van der Waals surface area contributed by atoms with Gasteiger partial charge in [0.2, 0.25) is 5.43 Å². The number of carbonyl (C=O) groups is 1. The zero-order chi connectivity index (χ0) is 23.6. The Kier molecular flexibility index (Phi) is 6.00. The van der Waals surface area contributed by atoms with Crippen LogP contribution in [0.5, 0.6) is 0 Å². The number of pyridine rings is 2. The Morgan fingerprint density at radius 1 is 1.06 bits per heavy atom. The van der Waals surface area contributed by atoms with Crippen molar-refractivity contribution in [3.05, 3.63) is 100.0 Å². The summed E-state index contributed by atoms with van der Waals surface area (Å²) in [6.45, 7) is 1.94. The topological polar surface area (TPSA) is 61.2 Å². The molecule has 0 saturated heterocycles. The van der Waals surface area contributed by atoms with Crippen molar-refractivity contribution < 1.29 is 22.7 Å². The molecule has 0 saturated carbocycles. The number of hydrogen-bond acceptors (Lipinski definition) is 4. The van der Waals surface area contributed by atoms with E-state index in [0.29, 0.717) is 22.2 Å². The van der Waals surface area contributed by atoms with Crippen molar-refractivity contribution in [2.75, 3.05) is 6.61 Å². The monoisotopic (exact) mass is 452 g/mol. The summed E-state index contributed by atoms with van der Waals surface area (Å²) in [4.78, 5) is 29.3. The fourth-order valence-electron chi connectivity index (χ4n) is 3.69. The minimum absolute atomic E-state index is 0.108. The number of nitrogens with zero attached hydrogens (tertiary/aromatic N) is 2. The van der Waals surface area contributed by atoms with Crippen LogP contribution in [0.3, 0.4) is 0 Å². The molecule has 0 radical (unpaired) electrons.